The van der Waals surface area contributed by atoms with Gasteiger partial charge in [-0.25, -0.2) is 9.97 Å². The molecule has 0 fully saturated rings. The molecule has 1 N–H and O–H groups in total. The minimum atomic E-state index is -0.529. The maximum Gasteiger partial charge on any atom is 0.160 e. The Hall–Kier alpha value is -1.72. The molecule has 3 aromatic rings. The lowest BCUT2D eigenvalue weighted by Gasteiger charge is -1.99. The summed E-state index contributed by atoms with van der Waals surface area (Å²) in [6, 6.07) is 7.99. The zero-order chi connectivity index (χ0) is 12.7. The van der Waals surface area contributed by atoms with E-state index in [0.717, 1.165) is 27.6 Å². The van der Waals surface area contributed by atoms with Gasteiger partial charge in [0, 0.05) is 12.4 Å². The molecule has 4 nitrogen and oxygen atoms in total. The number of hydrogen-bond donors (Lipinski definition) is 1. The number of aromatic nitrogens is 3. The lowest BCUT2D eigenvalue weighted by molar-refractivity contribution is 0.199. The van der Waals surface area contributed by atoms with Crippen molar-refractivity contribution in [3.05, 3.63) is 34.7 Å². The van der Waals surface area contributed by atoms with Crippen molar-refractivity contribution in [1.29, 1.82) is 0 Å². The van der Waals surface area contributed by atoms with E-state index in [-0.39, 0.29) is 0 Å². The maximum absolute atomic E-state index is 9.51. The van der Waals surface area contributed by atoms with Crippen LogP contribution in [-0.2, 0) is 7.05 Å². The molecule has 0 spiro atoms. The second kappa shape index (κ2) is 4.19. The Morgan fingerprint density at radius 2 is 2.06 bits per heavy atom. The average Bonchev–Trinajstić information content (AvgIpc) is 2.95. The van der Waals surface area contributed by atoms with Crippen LogP contribution in [0.1, 0.15) is 18.0 Å². The second-order valence-corrected chi connectivity index (χ2v) is 5.12. The minimum absolute atomic E-state index is 0.529. The number of para-hydroxylation sites is 2. The van der Waals surface area contributed by atoms with E-state index < -0.39 is 6.10 Å². The van der Waals surface area contributed by atoms with Crippen molar-refractivity contribution in [1.82, 2.24) is 14.5 Å². The quantitative estimate of drug-likeness (QED) is 0.770. The highest BCUT2D eigenvalue weighted by molar-refractivity contribution is 7.10. The fourth-order valence-electron chi connectivity index (χ4n) is 1.96. The van der Waals surface area contributed by atoms with Crippen molar-refractivity contribution in [2.24, 2.45) is 7.05 Å². The first-order chi connectivity index (χ1) is 8.66. The Morgan fingerprint density at radius 3 is 2.72 bits per heavy atom. The van der Waals surface area contributed by atoms with Crippen LogP contribution < -0.4 is 0 Å². The molecule has 1 unspecified atom stereocenters. The molecule has 0 radical (unpaired) electrons. The van der Waals surface area contributed by atoms with Gasteiger partial charge in [0.25, 0.3) is 0 Å². The monoisotopic (exact) mass is 259 g/mol. The number of imidazole rings is 1. The predicted molar refractivity (Wildman–Crippen MR) is 72.5 cm³/mol. The molecule has 0 bridgehead atoms. The lowest BCUT2D eigenvalue weighted by atomic mass is 10.3. The highest BCUT2D eigenvalue weighted by Crippen LogP contribution is 2.27. The molecule has 2 aromatic heterocycles. The first-order valence-corrected chi connectivity index (χ1v) is 6.60. The SMILES string of the molecule is CC(O)c1nc(-c2nc3ccccc3n2C)cs1. The Labute approximate surface area is 109 Å². The topological polar surface area (TPSA) is 50.9 Å². The molecular formula is C13H13N3OS. The van der Waals surface area contributed by atoms with Gasteiger partial charge in [-0.3, -0.25) is 0 Å². The molecule has 2 heterocycles. The summed E-state index contributed by atoms with van der Waals surface area (Å²) in [6.07, 6.45) is -0.529. The fourth-order valence-corrected chi connectivity index (χ4v) is 2.70. The first-order valence-electron chi connectivity index (χ1n) is 5.72. The maximum atomic E-state index is 9.51. The van der Waals surface area contributed by atoms with Crippen LogP contribution in [0.4, 0.5) is 0 Å². The Bertz CT molecular complexity index is 699. The van der Waals surface area contributed by atoms with Crippen molar-refractivity contribution in [2.75, 3.05) is 0 Å². The van der Waals surface area contributed by atoms with E-state index in [1.54, 1.807) is 6.92 Å². The number of benzene rings is 1. The van der Waals surface area contributed by atoms with E-state index in [1.807, 2.05) is 41.3 Å². The molecule has 0 aliphatic heterocycles. The third kappa shape index (κ3) is 1.72. The number of aliphatic hydroxyl groups is 1. The summed E-state index contributed by atoms with van der Waals surface area (Å²) in [5, 5.41) is 12.2. The van der Waals surface area contributed by atoms with Crippen molar-refractivity contribution in [2.45, 2.75) is 13.0 Å². The summed E-state index contributed by atoms with van der Waals surface area (Å²) < 4.78 is 2.02. The first kappa shape index (κ1) is 11.4. The standard InChI is InChI=1S/C13H13N3OS/c1-8(17)13-15-10(7-18-13)12-14-9-5-3-4-6-11(9)16(12)2/h3-8,17H,1-2H3. The Morgan fingerprint density at radius 1 is 1.28 bits per heavy atom. The normalized spacial score (nSPS) is 13.1. The minimum Gasteiger partial charge on any atom is -0.386 e. The van der Waals surface area contributed by atoms with E-state index in [4.69, 9.17) is 0 Å². The van der Waals surface area contributed by atoms with Crippen molar-refractivity contribution in [3.8, 4) is 11.5 Å². The molecule has 3 rings (SSSR count). The van der Waals surface area contributed by atoms with E-state index in [1.165, 1.54) is 11.3 Å². The van der Waals surface area contributed by atoms with Gasteiger partial charge < -0.3 is 9.67 Å². The lowest BCUT2D eigenvalue weighted by Crippen LogP contribution is -1.94. The van der Waals surface area contributed by atoms with Gasteiger partial charge in [-0.1, -0.05) is 12.1 Å². The number of hydrogen-bond acceptors (Lipinski definition) is 4. The summed E-state index contributed by atoms with van der Waals surface area (Å²) in [5.74, 6) is 0.833. The van der Waals surface area contributed by atoms with E-state index in [2.05, 4.69) is 9.97 Å². The highest BCUT2D eigenvalue weighted by Gasteiger charge is 2.14. The molecule has 1 atom stereocenters. The van der Waals surface area contributed by atoms with Gasteiger partial charge in [0.15, 0.2) is 5.82 Å². The molecule has 5 heteroatoms. The number of aliphatic hydroxyl groups excluding tert-OH is 1. The van der Waals surface area contributed by atoms with Gasteiger partial charge in [-0.15, -0.1) is 11.3 Å². The van der Waals surface area contributed by atoms with Crippen molar-refractivity contribution in [3.63, 3.8) is 0 Å². The fraction of sp³-hybridized carbons (Fsp3) is 0.231. The van der Waals surface area contributed by atoms with E-state index in [0.29, 0.717) is 0 Å². The van der Waals surface area contributed by atoms with Crippen LogP contribution in [0, 0.1) is 0 Å². The number of rotatable bonds is 2. The van der Waals surface area contributed by atoms with E-state index >= 15 is 0 Å². The average molecular weight is 259 g/mol. The molecule has 0 amide bonds. The zero-order valence-electron chi connectivity index (χ0n) is 10.2. The third-order valence-corrected chi connectivity index (χ3v) is 3.91. The largest absolute Gasteiger partial charge is 0.386 e. The predicted octanol–water partition coefficient (Wildman–Crippen LogP) is 2.75. The molecule has 0 aliphatic rings. The molecule has 92 valence electrons. The van der Waals surface area contributed by atoms with Gasteiger partial charge in [0.05, 0.1) is 11.0 Å². The number of thiazole rings is 1. The number of nitrogens with zero attached hydrogens (tertiary/aromatic N) is 3. The van der Waals surface area contributed by atoms with Crippen LogP contribution in [0.25, 0.3) is 22.6 Å². The van der Waals surface area contributed by atoms with Crippen LogP contribution in [-0.4, -0.2) is 19.6 Å². The van der Waals surface area contributed by atoms with Crippen molar-refractivity contribution >= 4 is 22.4 Å². The summed E-state index contributed by atoms with van der Waals surface area (Å²) in [7, 11) is 1.98. The van der Waals surface area contributed by atoms with Gasteiger partial charge in [-0.05, 0) is 19.1 Å². The zero-order valence-corrected chi connectivity index (χ0v) is 11.0. The van der Waals surface area contributed by atoms with Crippen molar-refractivity contribution < 1.29 is 5.11 Å². The summed E-state index contributed by atoms with van der Waals surface area (Å²) in [5.41, 5.74) is 2.86. The van der Waals surface area contributed by atoms with Gasteiger partial charge in [0.2, 0.25) is 0 Å². The summed E-state index contributed by atoms with van der Waals surface area (Å²) >= 11 is 1.46. The van der Waals surface area contributed by atoms with Crippen LogP contribution in [0.2, 0.25) is 0 Å². The second-order valence-electron chi connectivity index (χ2n) is 4.23. The van der Waals surface area contributed by atoms with Gasteiger partial charge in [0.1, 0.15) is 16.8 Å². The van der Waals surface area contributed by atoms with Gasteiger partial charge >= 0.3 is 0 Å². The van der Waals surface area contributed by atoms with Crippen LogP contribution >= 0.6 is 11.3 Å². The Balaban J connectivity index is 2.15. The highest BCUT2D eigenvalue weighted by atomic mass is 32.1. The molecule has 1 aromatic carbocycles. The molecule has 0 aliphatic carbocycles. The van der Waals surface area contributed by atoms with Crippen LogP contribution in [0.5, 0.6) is 0 Å². The van der Waals surface area contributed by atoms with Crippen LogP contribution in [0.15, 0.2) is 29.6 Å². The third-order valence-electron chi connectivity index (χ3n) is 2.90. The smallest absolute Gasteiger partial charge is 0.160 e. The molecule has 18 heavy (non-hydrogen) atoms. The molecule has 0 saturated heterocycles. The summed E-state index contributed by atoms with van der Waals surface area (Å²) in [4.78, 5) is 9.00. The Kier molecular flexibility index (Phi) is 2.65. The molecule has 0 saturated carbocycles. The van der Waals surface area contributed by atoms with E-state index in [9.17, 15) is 5.11 Å². The van der Waals surface area contributed by atoms with Gasteiger partial charge in [-0.2, -0.15) is 0 Å². The molecular weight excluding hydrogens is 246 g/mol. The number of aryl methyl sites for hydroxylation is 1. The number of fused-ring (bicyclic) bond motifs is 1. The summed E-state index contributed by atoms with van der Waals surface area (Å²) in [6.45, 7) is 1.72. The van der Waals surface area contributed by atoms with Crippen LogP contribution in [0.3, 0.4) is 0 Å².